The first-order valence-corrected chi connectivity index (χ1v) is 9.33. The molecular weight excluding hydrogens is 368 g/mol. The summed E-state index contributed by atoms with van der Waals surface area (Å²) in [5.74, 6) is 2.71. The Morgan fingerprint density at radius 3 is 2.70 bits per heavy atom. The van der Waals surface area contributed by atoms with E-state index in [2.05, 4.69) is 10.5 Å². The molecule has 0 aromatic heterocycles. The Bertz CT molecular complexity index is 824. The van der Waals surface area contributed by atoms with Gasteiger partial charge in [0.25, 0.3) is 0 Å². The molecule has 1 N–H and O–H groups in total. The van der Waals surface area contributed by atoms with E-state index >= 15 is 0 Å². The lowest BCUT2D eigenvalue weighted by Gasteiger charge is -2.08. The van der Waals surface area contributed by atoms with E-state index in [9.17, 15) is 4.79 Å². The third-order valence-corrected chi connectivity index (χ3v) is 4.64. The van der Waals surface area contributed by atoms with Crippen molar-refractivity contribution in [2.45, 2.75) is 11.8 Å². The minimum absolute atomic E-state index is 0.181. The SMILES string of the molecule is CCOc1cc2c(cc1/C=N\NC(=O)CSc1ccc(OC)cc1)OCO2. The van der Waals surface area contributed by atoms with E-state index in [1.54, 1.807) is 19.2 Å². The smallest absolute Gasteiger partial charge is 0.250 e. The van der Waals surface area contributed by atoms with Gasteiger partial charge in [0.05, 0.1) is 25.7 Å². The van der Waals surface area contributed by atoms with E-state index in [1.165, 1.54) is 18.0 Å². The van der Waals surface area contributed by atoms with E-state index in [0.29, 0.717) is 29.4 Å². The first kappa shape index (κ1) is 18.9. The number of hydrazone groups is 1. The number of rotatable bonds is 8. The molecule has 1 amide bonds. The summed E-state index contributed by atoms with van der Waals surface area (Å²) in [7, 11) is 1.62. The Balaban J connectivity index is 1.55. The lowest BCUT2D eigenvalue weighted by molar-refractivity contribution is -0.118. The lowest BCUT2D eigenvalue weighted by Crippen LogP contribution is -2.19. The van der Waals surface area contributed by atoms with E-state index in [-0.39, 0.29) is 18.5 Å². The van der Waals surface area contributed by atoms with Gasteiger partial charge in [-0.1, -0.05) is 0 Å². The summed E-state index contributed by atoms with van der Waals surface area (Å²) in [6, 6.07) is 11.0. The van der Waals surface area contributed by atoms with Crippen LogP contribution in [0.2, 0.25) is 0 Å². The van der Waals surface area contributed by atoms with Gasteiger partial charge in [0.15, 0.2) is 11.5 Å². The molecule has 2 aromatic rings. The third-order valence-electron chi connectivity index (χ3n) is 3.63. The number of hydrogen-bond acceptors (Lipinski definition) is 7. The molecule has 0 saturated carbocycles. The molecule has 1 heterocycles. The second kappa shape index (κ2) is 9.18. The number of nitrogens with zero attached hydrogens (tertiary/aromatic N) is 1. The Hall–Kier alpha value is -2.87. The van der Waals surface area contributed by atoms with Gasteiger partial charge in [-0.15, -0.1) is 11.8 Å². The molecule has 27 heavy (non-hydrogen) atoms. The summed E-state index contributed by atoms with van der Waals surface area (Å²) in [6.07, 6.45) is 1.53. The van der Waals surface area contributed by atoms with Crippen LogP contribution in [0.5, 0.6) is 23.0 Å². The quantitative estimate of drug-likeness (QED) is 0.425. The first-order valence-electron chi connectivity index (χ1n) is 8.34. The van der Waals surface area contributed by atoms with Crippen LogP contribution in [0.3, 0.4) is 0 Å². The molecule has 0 bridgehead atoms. The maximum Gasteiger partial charge on any atom is 0.250 e. The number of methoxy groups -OCH3 is 1. The number of carbonyl (C=O) groups is 1. The third kappa shape index (κ3) is 5.07. The van der Waals surface area contributed by atoms with Gasteiger partial charge < -0.3 is 18.9 Å². The van der Waals surface area contributed by atoms with Gasteiger partial charge in [-0.3, -0.25) is 4.79 Å². The van der Waals surface area contributed by atoms with Gasteiger partial charge in [-0.25, -0.2) is 5.43 Å². The summed E-state index contributed by atoms with van der Waals surface area (Å²) < 4.78 is 21.4. The predicted molar refractivity (Wildman–Crippen MR) is 103 cm³/mol. The second-order valence-electron chi connectivity index (χ2n) is 5.43. The summed E-state index contributed by atoms with van der Waals surface area (Å²) in [5, 5.41) is 4.02. The topological polar surface area (TPSA) is 78.4 Å². The molecular formula is C19H20N2O5S. The van der Waals surface area contributed by atoms with Crippen LogP contribution in [0, 0.1) is 0 Å². The Kier molecular flexibility index (Phi) is 6.43. The van der Waals surface area contributed by atoms with Crippen LogP contribution in [-0.2, 0) is 4.79 Å². The van der Waals surface area contributed by atoms with E-state index < -0.39 is 0 Å². The Labute approximate surface area is 161 Å². The average Bonchev–Trinajstić information content (AvgIpc) is 3.14. The molecule has 0 unspecified atom stereocenters. The zero-order chi connectivity index (χ0) is 19.1. The van der Waals surface area contributed by atoms with Gasteiger partial charge in [0.2, 0.25) is 12.7 Å². The number of fused-ring (bicyclic) bond motifs is 1. The molecule has 0 spiro atoms. The lowest BCUT2D eigenvalue weighted by atomic mass is 10.2. The molecule has 0 fully saturated rings. The van der Waals surface area contributed by atoms with Gasteiger partial charge >= 0.3 is 0 Å². The van der Waals surface area contributed by atoms with Crippen molar-refractivity contribution >= 4 is 23.9 Å². The number of carbonyl (C=O) groups excluding carboxylic acids is 1. The fourth-order valence-electron chi connectivity index (χ4n) is 2.35. The fourth-order valence-corrected chi connectivity index (χ4v) is 3.04. The van der Waals surface area contributed by atoms with Crippen LogP contribution in [0.15, 0.2) is 46.4 Å². The Morgan fingerprint density at radius 1 is 1.26 bits per heavy atom. The molecule has 0 saturated heterocycles. The summed E-state index contributed by atoms with van der Waals surface area (Å²) in [4.78, 5) is 13.0. The summed E-state index contributed by atoms with van der Waals surface area (Å²) >= 11 is 1.42. The van der Waals surface area contributed by atoms with Crippen LogP contribution in [0.25, 0.3) is 0 Å². The van der Waals surface area contributed by atoms with Crippen molar-refractivity contribution in [3.05, 3.63) is 42.0 Å². The van der Waals surface area contributed by atoms with E-state index in [1.807, 2.05) is 31.2 Å². The standard InChI is InChI=1S/C19H20N2O5S/c1-3-24-16-9-18-17(25-12-26-18)8-13(16)10-20-21-19(22)11-27-15-6-4-14(23-2)5-7-15/h4-10H,3,11-12H2,1-2H3,(H,21,22)/b20-10-. The zero-order valence-electron chi connectivity index (χ0n) is 15.1. The number of hydrogen-bond donors (Lipinski definition) is 1. The van der Waals surface area contributed by atoms with Crippen molar-refractivity contribution in [2.24, 2.45) is 5.10 Å². The van der Waals surface area contributed by atoms with E-state index in [0.717, 1.165) is 10.6 Å². The first-order chi connectivity index (χ1) is 13.2. The van der Waals surface area contributed by atoms with Crippen LogP contribution in [0.4, 0.5) is 0 Å². The molecule has 8 heteroatoms. The number of nitrogens with one attached hydrogen (secondary N) is 1. The number of benzene rings is 2. The van der Waals surface area contributed by atoms with Crippen LogP contribution < -0.4 is 24.4 Å². The largest absolute Gasteiger partial charge is 0.497 e. The van der Waals surface area contributed by atoms with E-state index in [4.69, 9.17) is 18.9 Å². The minimum Gasteiger partial charge on any atom is -0.497 e. The number of ether oxygens (including phenoxy) is 4. The number of thioether (sulfide) groups is 1. The maximum atomic E-state index is 12.0. The molecule has 0 atom stereocenters. The molecule has 7 nitrogen and oxygen atoms in total. The fraction of sp³-hybridized carbons (Fsp3) is 0.263. The number of amides is 1. The molecule has 1 aliphatic rings. The van der Waals surface area contributed by atoms with Crippen molar-refractivity contribution in [1.29, 1.82) is 0 Å². The van der Waals surface area contributed by atoms with Crippen molar-refractivity contribution in [3.8, 4) is 23.0 Å². The van der Waals surface area contributed by atoms with Gasteiger partial charge in [0, 0.05) is 16.5 Å². The highest BCUT2D eigenvalue weighted by Gasteiger charge is 2.17. The van der Waals surface area contributed by atoms with Gasteiger partial charge in [-0.05, 0) is 37.3 Å². The highest BCUT2D eigenvalue weighted by atomic mass is 32.2. The molecule has 2 aromatic carbocycles. The van der Waals surface area contributed by atoms with Crippen molar-refractivity contribution in [3.63, 3.8) is 0 Å². The molecule has 142 valence electrons. The predicted octanol–water partition coefficient (Wildman–Crippen LogP) is 3.07. The zero-order valence-corrected chi connectivity index (χ0v) is 15.9. The molecule has 1 aliphatic heterocycles. The minimum atomic E-state index is -0.203. The average molecular weight is 388 g/mol. The Morgan fingerprint density at radius 2 is 2.00 bits per heavy atom. The van der Waals surface area contributed by atoms with Crippen LogP contribution >= 0.6 is 11.8 Å². The van der Waals surface area contributed by atoms with Crippen molar-refractivity contribution in [1.82, 2.24) is 5.43 Å². The summed E-state index contributed by atoms with van der Waals surface area (Å²) in [5.41, 5.74) is 3.22. The monoisotopic (exact) mass is 388 g/mol. The molecule has 0 radical (unpaired) electrons. The molecule has 3 rings (SSSR count). The van der Waals surface area contributed by atoms with Crippen LogP contribution in [0.1, 0.15) is 12.5 Å². The van der Waals surface area contributed by atoms with Crippen LogP contribution in [-0.4, -0.2) is 38.4 Å². The van der Waals surface area contributed by atoms with Gasteiger partial charge in [0.1, 0.15) is 11.5 Å². The normalized spacial score (nSPS) is 12.2. The summed E-state index contributed by atoms with van der Waals surface area (Å²) in [6.45, 7) is 2.58. The second-order valence-corrected chi connectivity index (χ2v) is 6.48. The van der Waals surface area contributed by atoms with Crippen molar-refractivity contribution < 1.29 is 23.7 Å². The van der Waals surface area contributed by atoms with Crippen molar-refractivity contribution in [2.75, 3.05) is 26.3 Å². The maximum absolute atomic E-state index is 12.0. The van der Waals surface area contributed by atoms with Gasteiger partial charge in [-0.2, -0.15) is 5.10 Å². The highest BCUT2D eigenvalue weighted by molar-refractivity contribution is 8.00. The molecule has 0 aliphatic carbocycles. The highest BCUT2D eigenvalue weighted by Crippen LogP contribution is 2.37.